The molecule has 1 N–H and O–H groups in total. The number of nitrogens with one attached hydrogen (secondary N) is 1. The molecular formula is C21H17N5. The predicted molar refractivity (Wildman–Crippen MR) is 103 cm³/mol. The van der Waals surface area contributed by atoms with E-state index in [0.717, 1.165) is 44.8 Å². The number of H-pyrrole nitrogens is 1. The molecule has 5 aromatic rings. The normalized spacial score (nSPS) is 11.5. The first-order chi connectivity index (χ1) is 12.7. The van der Waals surface area contributed by atoms with Crippen LogP contribution in [0.25, 0.3) is 39.1 Å². The van der Waals surface area contributed by atoms with E-state index in [1.807, 2.05) is 31.3 Å². The summed E-state index contributed by atoms with van der Waals surface area (Å²) in [5.41, 5.74) is 7.05. The number of aryl methyl sites for hydroxylation is 2. The van der Waals surface area contributed by atoms with Gasteiger partial charge >= 0.3 is 0 Å². The first-order valence-corrected chi connectivity index (χ1v) is 8.56. The summed E-state index contributed by atoms with van der Waals surface area (Å²) >= 11 is 0. The molecule has 0 bridgehead atoms. The lowest BCUT2D eigenvalue weighted by Gasteiger charge is -2.09. The average Bonchev–Trinajstić information content (AvgIpc) is 3.25. The van der Waals surface area contributed by atoms with Crippen LogP contribution < -0.4 is 0 Å². The number of fused-ring (bicyclic) bond motifs is 2. The molecule has 2 aromatic carbocycles. The Hall–Kier alpha value is -3.47. The van der Waals surface area contributed by atoms with E-state index in [2.05, 4.69) is 58.1 Å². The zero-order valence-corrected chi connectivity index (χ0v) is 14.6. The van der Waals surface area contributed by atoms with Gasteiger partial charge in [0.2, 0.25) is 0 Å². The van der Waals surface area contributed by atoms with Gasteiger partial charge in [-0.3, -0.25) is 9.67 Å². The molecule has 26 heavy (non-hydrogen) atoms. The molecule has 3 aromatic heterocycles. The number of aromatic amines is 1. The standard InChI is InChI=1S/C21H17N5/c1-13-3-6-15(7-4-13)20-24-19-9-5-14(2)23-21(19)26(20)17-8-10-18-16(11-17)12-22-25-18/h3-12H,1-2H3,(H,22,25). The number of aromatic nitrogens is 5. The maximum atomic E-state index is 4.87. The van der Waals surface area contributed by atoms with Crippen LogP contribution in [0.15, 0.2) is 60.8 Å². The summed E-state index contributed by atoms with van der Waals surface area (Å²) in [5, 5.41) is 8.19. The van der Waals surface area contributed by atoms with Gasteiger partial charge in [0.05, 0.1) is 11.7 Å². The molecule has 0 unspecified atom stereocenters. The van der Waals surface area contributed by atoms with Crippen LogP contribution in [0.5, 0.6) is 0 Å². The molecule has 0 aliphatic carbocycles. The van der Waals surface area contributed by atoms with Crippen LogP contribution in [0, 0.1) is 13.8 Å². The fourth-order valence-electron chi connectivity index (χ4n) is 3.26. The molecule has 3 heterocycles. The lowest BCUT2D eigenvalue weighted by atomic mass is 10.1. The predicted octanol–water partition coefficient (Wildman–Crippen LogP) is 4.58. The van der Waals surface area contributed by atoms with Crippen LogP contribution in [-0.4, -0.2) is 24.7 Å². The second kappa shape index (κ2) is 5.52. The van der Waals surface area contributed by atoms with Crippen LogP contribution in [0.2, 0.25) is 0 Å². The molecule has 5 nitrogen and oxygen atoms in total. The second-order valence-electron chi connectivity index (χ2n) is 6.57. The zero-order valence-electron chi connectivity index (χ0n) is 14.6. The Labute approximate surface area is 150 Å². The van der Waals surface area contributed by atoms with Gasteiger partial charge in [-0.05, 0) is 44.2 Å². The topological polar surface area (TPSA) is 59.4 Å². The first kappa shape index (κ1) is 14.8. The minimum absolute atomic E-state index is 0.864. The highest BCUT2D eigenvalue weighted by atomic mass is 15.1. The van der Waals surface area contributed by atoms with Gasteiger partial charge in [0, 0.05) is 22.3 Å². The van der Waals surface area contributed by atoms with Crippen molar-refractivity contribution in [3.05, 3.63) is 72.1 Å². The van der Waals surface area contributed by atoms with E-state index in [1.54, 1.807) is 0 Å². The lowest BCUT2D eigenvalue weighted by molar-refractivity contribution is 1.07. The highest BCUT2D eigenvalue weighted by Gasteiger charge is 2.16. The van der Waals surface area contributed by atoms with Crippen LogP contribution in [-0.2, 0) is 0 Å². The number of nitrogens with zero attached hydrogens (tertiary/aromatic N) is 4. The third-order valence-corrected chi connectivity index (χ3v) is 4.64. The van der Waals surface area contributed by atoms with Crippen LogP contribution >= 0.6 is 0 Å². The number of hydrogen-bond acceptors (Lipinski definition) is 3. The Morgan fingerprint density at radius 2 is 1.73 bits per heavy atom. The number of pyridine rings is 1. The average molecular weight is 339 g/mol. The number of benzene rings is 2. The quantitative estimate of drug-likeness (QED) is 0.512. The summed E-state index contributed by atoms with van der Waals surface area (Å²) < 4.78 is 2.12. The molecule has 0 atom stereocenters. The van der Waals surface area contributed by atoms with Crippen molar-refractivity contribution >= 4 is 22.1 Å². The largest absolute Gasteiger partial charge is 0.278 e. The Kier molecular flexibility index (Phi) is 3.15. The van der Waals surface area contributed by atoms with Crippen molar-refractivity contribution in [2.45, 2.75) is 13.8 Å². The Balaban J connectivity index is 1.84. The van der Waals surface area contributed by atoms with Gasteiger partial charge in [-0.15, -0.1) is 0 Å². The van der Waals surface area contributed by atoms with Gasteiger partial charge in [-0.1, -0.05) is 29.8 Å². The van der Waals surface area contributed by atoms with Crippen molar-refractivity contribution in [1.29, 1.82) is 0 Å². The minimum Gasteiger partial charge on any atom is -0.278 e. The fourth-order valence-corrected chi connectivity index (χ4v) is 3.26. The van der Waals surface area contributed by atoms with Crippen molar-refractivity contribution in [2.75, 3.05) is 0 Å². The monoisotopic (exact) mass is 339 g/mol. The van der Waals surface area contributed by atoms with Gasteiger partial charge in [0.15, 0.2) is 5.65 Å². The van der Waals surface area contributed by atoms with Gasteiger partial charge in [0.25, 0.3) is 0 Å². The molecule has 126 valence electrons. The fraction of sp³-hybridized carbons (Fsp3) is 0.0952. The molecule has 0 aliphatic heterocycles. The minimum atomic E-state index is 0.864. The van der Waals surface area contributed by atoms with Crippen LogP contribution in [0.3, 0.4) is 0 Å². The second-order valence-corrected chi connectivity index (χ2v) is 6.57. The molecule has 5 rings (SSSR count). The van der Waals surface area contributed by atoms with E-state index in [4.69, 9.17) is 9.97 Å². The summed E-state index contributed by atoms with van der Waals surface area (Å²) in [6, 6.07) is 18.7. The van der Waals surface area contributed by atoms with E-state index < -0.39 is 0 Å². The van der Waals surface area contributed by atoms with Gasteiger partial charge < -0.3 is 0 Å². The van der Waals surface area contributed by atoms with Gasteiger partial charge in [0.1, 0.15) is 11.3 Å². The van der Waals surface area contributed by atoms with E-state index in [-0.39, 0.29) is 0 Å². The van der Waals surface area contributed by atoms with Crippen molar-refractivity contribution in [3.63, 3.8) is 0 Å². The maximum absolute atomic E-state index is 4.87. The first-order valence-electron chi connectivity index (χ1n) is 8.56. The van der Waals surface area contributed by atoms with Crippen molar-refractivity contribution in [1.82, 2.24) is 24.7 Å². The third-order valence-electron chi connectivity index (χ3n) is 4.64. The van der Waals surface area contributed by atoms with Crippen molar-refractivity contribution in [2.24, 2.45) is 0 Å². The SMILES string of the molecule is Cc1ccc(-c2nc3ccc(C)nc3n2-c2ccc3[nH]ncc3c2)cc1. The Morgan fingerprint density at radius 3 is 2.58 bits per heavy atom. The van der Waals surface area contributed by atoms with Crippen molar-refractivity contribution in [3.8, 4) is 17.1 Å². The molecule has 5 heteroatoms. The molecule has 0 saturated carbocycles. The molecule has 0 saturated heterocycles. The summed E-state index contributed by atoms with van der Waals surface area (Å²) in [7, 11) is 0. The van der Waals surface area contributed by atoms with Gasteiger partial charge in [-0.25, -0.2) is 9.97 Å². The van der Waals surface area contributed by atoms with Gasteiger partial charge in [-0.2, -0.15) is 5.10 Å². The molecule has 0 fully saturated rings. The third kappa shape index (κ3) is 2.29. The number of imidazole rings is 1. The molecule has 0 radical (unpaired) electrons. The van der Waals surface area contributed by atoms with Crippen molar-refractivity contribution < 1.29 is 0 Å². The molecular weight excluding hydrogens is 322 g/mol. The summed E-state index contributed by atoms with van der Waals surface area (Å²) in [6.45, 7) is 4.09. The summed E-state index contributed by atoms with van der Waals surface area (Å²) in [5.74, 6) is 0.890. The summed E-state index contributed by atoms with van der Waals surface area (Å²) in [4.78, 5) is 9.64. The Bertz CT molecular complexity index is 1240. The molecule has 0 amide bonds. The van der Waals surface area contributed by atoms with E-state index in [1.165, 1.54) is 5.56 Å². The maximum Gasteiger partial charge on any atom is 0.165 e. The Morgan fingerprint density at radius 1 is 0.885 bits per heavy atom. The smallest absolute Gasteiger partial charge is 0.165 e. The lowest BCUT2D eigenvalue weighted by Crippen LogP contribution is -1.99. The van der Waals surface area contributed by atoms with Crippen LogP contribution in [0.1, 0.15) is 11.3 Å². The number of hydrogen-bond donors (Lipinski definition) is 1. The van der Waals surface area contributed by atoms with Crippen LogP contribution in [0.4, 0.5) is 0 Å². The van der Waals surface area contributed by atoms with E-state index in [9.17, 15) is 0 Å². The summed E-state index contributed by atoms with van der Waals surface area (Å²) in [6.07, 6.45) is 1.84. The highest BCUT2D eigenvalue weighted by molar-refractivity contribution is 5.84. The van der Waals surface area contributed by atoms with E-state index >= 15 is 0 Å². The highest BCUT2D eigenvalue weighted by Crippen LogP contribution is 2.29. The number of rotatable bonds is 2. The molecule has 0 aliphatic rings. The van der Waals surface area contributed by atoms with E-state index in [0.29, 0.717) is 0 Å². The molecule has 0 spiro atoms. The zero-order chi connectivity index (χ0) is 17.7.